The summed E-state index contributed by atoms with van der Waals surface area (Å²) in [5, 5.41) is 2.63. The van der Waals surface area contributed by atoms with E-state index in [1.54, 1.807) is 13.2 Å². The zero-order chi connectivity index (χ0) is 22.8. The summed E-state index contributed by atoms with van der Waals surface area (Å²) in [7, 11) is 1.56. The van der Waals surface area contributed by atoms with Gasteiger partial charge in [0.25, 0.3) is 11.9 Å². The molecule has 3 heterocycles. The van der Waals surface area contributed by atoms with E-state index in [0.717, 1.165) is 6.07 Å². The highest BCUT2D eigenvalue weighted by Crippen LogP contribution is 2.48. The van der Waals surface area contributed by atoms with Crippen molar-refractivity contribution in [3.05, 3.63) is 53.6 Å². The number of hydrogen-bond donors (Lipinski definition) is 2. The third-order valence-electron chi connectivity index (χ3n) is 5.33. The van der Waals surface area contributed by atoms with Gasteiger partial charge in [0, 0.05) is 18.4 Å². The van der Waals surface area contributed by atoms with Gasteiger partial charge in [-0.2, -0.15) is 0 Å². The number of hydrogen-bond acceptors (Lipinski definition) is 8. The number of halogens is 3. The normalized spacial score (nSPS) is 23.5. The molecular weight excluding hydrogens is 462 g/mol. The van der Waals surface area contributed by atoms with E-state index in [2.05, 4.69) is 15.3 Å². The van der Waals surface area contributed by atoms with E-state index in [1.165, 1.54) is 24.4 Å². The van der Waals surface area contributed by atoms with Gasteiger partial charge in [-0.25, -0.2) is 18.8 Å². The fourth-order valence-electron chi connectivity index (χ4n) is 3.65. The first kappa shape index (κ1) is 24.6. The summed E-state index contributed by atoms with van der Waals surface area (Å²) in [5.74, 6) is -0.755. The van der Waals surface area contributed by atoms with Gasteiger partial charge in [-0.1, -0.05) is 0 Å². The Hall–Kier alpha value is -3.02. The number of aliphatic imine (C=N–C) groups is 1. The molecule has 2 atom stereocenters. The smallest absolute Gasteiger partial charge is 0.283 e. The van der Waals surface area contributed by atoms with Crippen LogP contribution in [0.1, 0.15) is 16.1 Å². The molecule has 0 radical (unpaired) electrons. The Bertz CT molecular complexity index is 1040. The molecule has 2 aromatic rings. The largest absolute Gasteiger partial charge is 0.490 e. The van der Waals surface area contributed by atoms with Gasteiger partial charge in [0.1, 0.15) is 30.5 Å². The molecular formula is C21H23ClF2N4O5. The number of ether oxygens (including phenoxy) is 4. The van der Waals surface area contributed by atoms with Crippen molar-refractivity contribution in [2.45, 2.75) is 11.2 Å². The van der Waals surface area contributed by atoms with E-state index in [1.807, 2.05) is 0 Å². The Kier molecular flexibility index (Phi) is 7.35. The third-order valence-corrected chi connectivity index (χ3v) is 5.33. The molecule has 2 aliphatic heterocycles. The van der Waals surface area contributed by atoms with E-state index in [0.29, 0.717) is 19.0 Å². The molecule has 0 aliphatic carbocycles. The van der Waals surface area contributed by atoms with Crippen molar-refractivity contribution in [2.24, 2.45) is 10.7 Å². The first-order valence-corrected chi connectivity index (χ1v) is 9.81. The van der Waals surface area contributed by atoms with Crippen LogP contribution in [-0.2, 0) is 19.7 Å². The molecule has 1 saturated heterocycles. The number of nitrogens with zero attached hydrogens (tertiary/aromatic N) is 2. The second-order valence-corrected chi connectivity index (χ2v) is 7.43. The molecule has 1 aromatic heterocycles. The molecule has 9 nitrogen and oxygen atoms in total. The van der Waals surface area contributed by atoms with Crippen molar-refractivity contribution >= 4 is 30.0 Å². The first-order valence-electron chi connectivity index (χ1n) is 9.81. The van der Waals surface area contributed by atoms with Crippen molar-refractivity contribution < 1.29 is 32.5 Å². The molecule has 1 aromatic carbocycles. The van der Waals surface area contributed by atoms with Crippen LogP contribution in [0.15, 0.2) is 41.5 Å². The van der Waals surface area contributed by atoms with Gasteiger partial charge in [0.2, 0.25) is 0 Å². The summed E-state index contributed by atoms with van der Waals surface area (Å²) in [6, 6.07) is 6.63. The number of amides is 1. The molecule has 1 fully saturated rings. The van der Waals surface area contributed by atoms with Gasteiger partial charge < -0.3 is 30.0 Å². The lowest BCUT2D eigenvalue weighted by molar-refractivity contribution is 0.00905. The molecule has 178 valence electrons. The second-order valence-electron chi connectivity index (χ2n) is 7.43. The monoisotopic (exact) mass is 484 g/mol. The molecule has 0 saturated carbocycles. The Morgan fingerprint density at radius 3 is 2.79 bits per heavy atom. The van der Waals surface area contributed by atoms with E-state index < -0.39 is 29.5 Å². The average molecular weight is 485 g/mol. The highest BCUT2D eigenvalue weighted by atomic mass is 35.5. The van der Waals surface area contributed by atoms with Crippen LogP contribution in [0.3, 0.4) is 0 Å². The van der Waals surface area contributed by atoms with Crippen LogP contribution in [0.4, 0.5) is 14.5 Å². The molecule has 0 spiro atoms. The zero-order valence-electron chi connectivity index (χ0n) is 17.7. The van der Waals surface area contributed by atoms with Crippen LogP contribution in [0, 0.1) is 5.82 Å². The minimum Gasteiger partial charge on any atom is -0.490 e. The zero-order valence-corrected chi connectivity index (χ0v) is 18.5. The summed E-state index contributed by atoms with van der Waals surface area (Å²) in [6.45, 7) is -0.178. The van der Waals surface area contributed by atoms with Gasteiger partial charge in [-0.15, -0.1) is 12.4 Å². The molecule has 4 rings (SSSR count). The van der Waals surface area contributed by atoms with Gasteiger partial charge >= 0.3 is 0 Å². The van der Waals surface area contributed by atoms with E-state index in [9.17, 15) is 9.18 Å². The van der Waals surface area contributed by atoms with Crippen LogP contribution in [0.2, 0.25) is 0 Å². The quantitative estimate of drug-likeness (QED) is 0.578. The number of carbonyl (C=O) groups excluding carboxylic acids is 1. The average Bonchev–Trinajstić information content (AvgIpc) is 3.13. The van der Waals surface area contributed by atoms with Crippen molar-refractivity contribution in [1.82, 2.24) is 4.98 Å². The highest BCUT2D eigenvalue weighted by molar-refractivity contribution is 6.02. The predicted molar refractivity (Wildman–Crippen MR) is 117 cm³/mol. The van der Waals surface area contributed by atoms with Crippen LogP contribution in [0.5, 0.6) is 5.75 Å². The summed E-state index contributed by atoms with van der Waals surface area (Å²) in [4.78, 5) is 20.8. The fraction of sp³-hybridized carbons (Fsp3) is 0.381. The molecule has 2 aliphatic rings. The van der Waals surface area contributed by atoms with Gasteiger partial charge in [0.05, 0.1) is 26.0 Å². The Morgan fingerprint density at radius 2 is 2.06 bits per heavy atom. The number of benzene rings is 1. The van der Waals surface area contributed by atoms with Crippen LogP contribution in [-0.4, -0.2) is 62.7 Å². The van der Waals surface area contributed by atoms with Crippen molar-refractivity contribution in [2.75, 3.05) is 45.5 Å². The summed E-state index contributed by atoms with van der Waals surface area (Å²) in [6.07, 6.45) is 1.41. The SMILES string of the molecule is COCCOc1ccc(C(=O)Nc2ccc(F)c([C@]34COC[C@@]3(F)COC(N)=N4)c2)nc1.Cl. The number of aromatic nitrogens is 1. The number of methoxy groups -OCH3 is 1. The number of alkyl halides is 1. The van der Waals surface area contributed by atoms with Crippen molar-refractivity contribution in [3.63, 3.8) is 0 Å². The number of fused-ring (bicyclic) bond motifs is 1. The number of nitrogens with one attached hydrogen (secondary N) is 1. The minimum atomic E-state index is -2.10. The number of anilines is 1. The lowest BCUT2D eigenvalue weighted by atomic mass is 9.78. The molecule has 1 amide bonds. The van der Waals surface area contributed by atoms with E-state index in [-0.39, 0.29) is 48.6 Å². The maximum atomic E-state index is 15.6. The molecule has 0 bridgehead atoms. The lowest BCUT2D eigenvalue weighted by Crippen LogP contribution is -2.55. The standard InChI is InChI=1S/C21H22F2N4O5.ClH/c1-29-6-7-31-14-3-5-17(25-9-14)18(28)26-13-2-4-16(22)15(8-13)21-12-30-10-20(21,23)11-32-19(24)27-21;/h2-5,8-9H,6-7,10-12H2,1H3,(H2,24,27)(H,26,28);1H/t20-,21-;/m1./s1. The Labute approximate surface area is 194 Å². The number of pyridine rings is 1. The summed E-state index contributed by atoms with van der Waals surface area (Å²) < 4.78 is 51.0. The van der Waals surface area contributed by atoms with Crippen LogP contribution in [0.25, 0.3) is 0 Å². The van der Waals surface area contributed by atoms with Gasteiger partial charge in [-0.05, 0) is 30.3 Å². The van der Waals surface area contributed by atoms with Crippen LogP contribution >= 0.6 is 12.4 Å². The molecule has 0 unspecified atom stereocenters. The maximum Gasteiger partial charge on any atom is 0.283 e. The topological polar surface area (TPSA) is 117 Å². The highest BCUT2D eigenvalue weighted by Gasteiger charge is 2.62. The molecule has 12 heteroatoms. The number of carbonyl (C=O) groups is 1. The predicted octanol–water partition coefficient (Wildman–Crippen LogP) is 2.20. The van der Waals surface area contributed by atoms with E-state index >= 15 is 4.39 Å². The Morgan fingerprint density at radius 1 is 1.24 bits per heavy atom. The van der Waals surface area contributed by atoms with Gasteiger partial charge in [0.15, 0.2) is 11.2 Å². The molecule has 3 N–H and O–H groups in total. The lowest BCUT2D eigenvalue weighted by Gasteiger charge is -2.38. The minimum absolute atomic E-state index is 0. The number of rotatable bonds is 7. The molecule has 33 heavy (non-hydrogen) atoms. The first-order chi connectivity index (χ1) is 15.4. The number of nitrogens with two attached hydrogens (primary N) is 1. The summed E-state index contributed by atoms with van der Waals surface area (Å²) >= 11 is 0. The Balaban J connectivity index is 0.00000306. The van der Waals surface area contributed by atoms with E-state index in [4.69, 9.17) is 24.7 Å². The summed E-state index contributed by atoms with van der Waals surface area (Å²) in [5.41, 5.74) is 2.11. The van der Waals surface area contributed by atoms with Crippen molar-refractivity contribution in [1.29, 1.82) is 0 Å². The van der Waals surface area contributed by atoms with Crippen molar-refractivity contribution in [3.8, 4) is 5.75 Å². The third kappa shape index (κ3) is 4.70. The maximum absolute atomic E-state index is 15.6. The second kappa shape index (κ2) is 9.86. The number of amidine groups is 1. The van der Waals surface area contributed by atoms with Crippen LogP contribution < -0.4 is 15.8 Å². The van der Waals surface area contributed by atoms with Gasteiger partial charge in [-0.3, -0.25) is 4.79 Å². The fourth-order valence-corrected chi connectivity index (χ4v) is 3.65.